The predicted molar refractivity (Wildman–Crippen MR) is 210 cm³/mol. The Labute approximate surface area is 310 Å². The summed E-state index contributed by atoms with van der Waals surface area (Å²) in [7, 11) is -0.0833. The quantitative estimate of drug-likeness (QED) is 0.0865. The molecule has 272 valence electrons. The van der Waals surface area contributed by atoms with Crippen LogP contribution in [-0.2, 0) is 38.5 Å². The van der Waals surface area contributed by atoms with Crippen molar-refractivity contribution in [2.45, 2.75) is 63.8 Å². The number of aliphatic hydroxyl groups is 1. The van der Waals surface area contributed by atoms with E-state index in [0.717, 1.165) is 32.1 Å². The zero-order valence-corrected chi connectivity index (χ0v) is 32.0. The smallest absolute Gasteiger partial charge is 0.277 e. The molecule has 0 aromatic heterocycles. The first-order valence-electron chi connectivity index (χ1n) is 17.9. The number of carbonyl (C=O) groups is 1. The van der Waals surface area contributed by atoms with Crippen molar-refractivity contribution in [3.63, 3.8) is 0 Å². The van der Waals surface area contributed by atoms with Gasteiger partial charge in [-0.25, -0.2) is 5.06 Å². The van der Waals surface area contributed by atoms with Gasteiger partial charge in [-0.15, -0.1) is 0 Å². The highest BCUT2D eigenvalue weighted by Crippen LogP contribution is 2.37. The van der Waals surface area contributed by atoms with Crippen LogP contribution in [0.5, 0.6) is 0 Å². The minimum absolute atomic E-state index is 0.128. The lowest BCUT2D eigenvalue weighted by atomic mass is 10.0. The number of benzene rings is 5. The van der Waals surface area contributed by atoms with Gasteiger partial charge in [0.25, 0.3) is 14.2 Å². The second-order valence-corrected chi connectivity index (χ2v) is 18.4. The van der Waals surface area contributed by atoms with Gasteiger partial charge in [-0.1, -0.05) is 172 Å². The van der Waals surface area contributed by atoms with Crippen molar-refractivity contribution in [1.82, 2.24) is 9.96 Å². The number of amides is 1. The Morgan fingerprint density at radius 3 is 1.48 bits per heavy atom. The summed E-state index contributed by atoms with van der Waals surface area (Å²) in [6.07, 6.45) is -2.56. The third-order valence-electron chi connectivity index (χ3n) is 9.62. The number of hydroxylamine groups is 2. The van der Waals surface area contributed by atoms with E-state index >= 15 is 0 Å². The molecule has 7 nitrogen and oxygen atoms in total. The Morgan fingerprint density at radius 2 is 1.08 bits per heavy atom. The Hall–Kier alpha value is -4.41. The first-order chi connectivity index (χ1) is 25.1. The predicted octanol–water partition coefficient (Wildman–Crippen LogP) is 6.60. The molecule has 0 saturated carbocycles. The van der Waals surface area contributed by atoms with Gasteiger partial charge in [0.2, 0.25) is 0 Å². The van der Waals surface area contributed by atoms with Crippen molar-refractivity contribution in [2.24, 2.45) is 0 Å². The molecule has 5 rings (SSSR count). The molecule has 0 aliphatic heterocycles. The highest BCUT2D eigenvalue weighted by atomic mass is 28.4. The summed E-state index contributed by atoms with van der Waals surface area (Å²) >= 11 is 0. The molecule has 0 bridgehead atoms. The zero-order valence-electron chi connectivity index (χ0n) is 31.0. The number of ether oxygens (including phenoxy) is 1. The normalized spacial score (nSPS) is 13.8. The van der Waals surface area contributed by atoms with Gasteiger partial charge in [-0.2, -0.15) is 0 Å². The maximum absolute atomic E-state index is 14.0. The molecule has 5 aromatic rings. The molecule has 1 amide bonds. The van der Waals surface area contributed by atoms with Gasteiger partial charge in [0.15, 0.2) is 6.10 Å². The molecule has 5 aromatic carbocycles. The highest BCUT2D eigenvalue weighted by Gasteiger charge is 2.51. The molecule has 0 spiro atoms. The number of hydrogen-bond donors (Lipinski definition) is 1. The second kappa shape index (κ2) is 18.4. The van der Waals surface area contributed by atoms with Gasteiger partial charge >= 0.3 is 0 Å². The van der Waals surface area contributed by atoms with Crippen molar-refractivity contribution < 1.29 is 23.9 Å². The third-order valence-corrected chi connectivity index (χ3v) is 14.6. The largest absolute Gasteiger partial charge is 0.406 e. The molecular weight excluding hydrogens is 665 g/mol. The molecule has 0 unspecified atom stereocenters. The molecule has 1 N–H and O–H groups in total. The van der Waals surface area contributed by atoms with Crippen LogP contribution in [0, 0.1) is 0 Å². The molecule has 8 heteroatoms. The van der Waals surface area contributed by atoms with Crippen molar-refractivity contribution in [3.8, 4) is 0 Å². The van der Waals surface area contributed by atoms with Gasteiger partial charge in [-0.3, -0.25) is 14.5 Å². The molecule has 0 fully saturated rings. The van der Waals surface area contributed by atoms with Crippen LogP contribution in [0.4, 0.5) is 0 Å². The lowest BCUT2D eigenvalue weighted by Gasteiger charge is -2.45. The summed E-state index contributed by atoms with van der Waals surface area (Å²) in [4.78, 5) is 21.6. The van der Waals surface area contributed by atoms with E-state index in [0.29, 0.717) is 13.1 Å². The van der Waals surface area contributed by atoms with E-state index in [4.69, 9.17) is 14.0 Å². The summed E-state index contributed by atoms with van der Waals surface area (Å²) in [5.74, 6) is -0.485. The number of hydrogen-bond acceptors (Lipinski definition) is 6. The molecule has 0 radical (unpaired) electrons. The Morgan fingerprint density at radius 1 is 0.673 bits per heavy atom. The van der Waals surface area contributed by atoms with Gasteiger partial charge in [0.05, 0.1) is 26.4 Å². The lowest BCUT2D eigenvalue weighted by Crippen LogP contribution is -2.68. The summed E-state index contributed by atoms with van der Waals surface area (Å²) in [6.45, 7) is 7.97. The summed E-state index contributed by atoms with van der Waals surface area (Å²) in [5, 5.41) is 15.8. The van der Waals surface area contributed by atoms with Crippen LogP contribution in [0.2, 0.25) is 5.04 Å². The van der Waals surface area contributed by atoms with E-state index in [1.165, 1.54) is 14.2 Å². The van der Waals surface area contributed by atoms with E-state index in [1.807, 2.05) is 78.9 Å². The van der Waals surface area contributed by atoms with Crippen LogP contribution >= 0.6 is 0 Å². The van der Waals surface area contributed by atoms with E-state index in [-0.39, 0.29) is 18.3 Å². The fourth-order valence-electron chi connectivity index (χ4n) is 6.87. The Kier molecular flexibility index (Phi) is 13.7. The van der Waals surface area contributed by atoms with Crippen LogP contribution in [0.1, 0.15) is 37.5 Å². The third kappa shape index (κ3) is 9.52. The van der Waals surface area contributed by atoms with E-state index < -0.39 is 32.5 Å². The fraction of sp³-hybridized carbons (Fsp3) is 0.295. The topological polar surface area (TPSA) is 71.5 Å². The van der Waals surface area contributed by atoms with Crippen molar-refractivity contribution in [1.29, 1.82) is 0 Å². The number of carbonyl (C=O) groups excluding carboxylic acids is 1. The zero-order chi connectivity index (χ0) is 37.0. The lowest BCUT2D eigenvalue weighted by molar-refractivity contribution is -0.192. The molecule has 0 aliphatic carbocycles. The molecule has 0 heterocycles. The second-order valence-electron chi connectivity index (χ2n) is 14.1. The van der Waals surface area contributed by atoms with Gasteiger partial charge in [0.1, 0.15) is 6.10 Å². The maximum atomic E-state index is 14.0. The van der Waals surface area contributed by atoms with Gasteiger partial charge < -0.3 is 14.3 Å². The van der Waals surface area contributed by atoms with Gasteiger partial charge in [-0.05, 0) is 32.1 Å². The van der Waals surface area contributed by atoms with E-state index in [2.05, 4.69) is 98.5 Å². The number of likely N-dealkylation sites (N-methyl/N-ethyl adjacent to an activating group) is 1. The highest BCUT2D eigenvalue weighted by molar-refractivity contribution is 6.99. The summed E-state index contributed by atoms with van der Waals surface area (Å²) in [6, 6.07) is 50.3. The first kappa shape index (κ1) is 38.8. The van der Waals surface area contributed by atoms with Crippen LogP contribution in [-0.4, -0.2) is 68.3 Å². The number of nitrogens with zero attached hydrogens (tertiary/aromatic N) is 2. The molecule has 0 aliphatic rings. The summed E-state index contributed by atoms with van der Waals surface area (Å²) in [5.41, 5.74) is 3.03. The van der Waals surface area contributed by atoms with Crippen LogP contribution in [0.3, 0.4) is 0 Å². The fourth-order valence-corrected chi connectivity index (χ4v) is 11.4. The minimum Gasteiger partial charge on any atom is -0.406 e. The van der Waals surface area contributed by atoms with E-state index in [9.17, 15) is 9.90 Å². The monoisotopic (exact) mass is 716 g/mol. The summed E-state index contributed by atoms with van der Waals surface area (Å²) < 4.78 is 13.9. The Bertz CT molecular complexity index is 1690. The molecular formula is C44H52N2O5Si. The minimum atomic E-state index is -3.05. The SMILES string of the molecule is CON(C)C(=O)[C@@H](OCc1ccccc1)[C@H](O)[C@@H](CO[Si](c1ccccc1)(c1ccccc1)C(C)(C)C)N(Cc1ccccc1)Cc1ccccc1. The van der Waals surface area contributed by atoms with Crippen molar-refractivity contribution in [2.75, 3.05) is 20.8 Å². The number of rotatable bonds is 17. The standard InChI is InChI=1S/C44H52N2O5Si/c1-44(2,3)52(38-27-17-9-18-28-38,39-29-19-10-20-30-39)51-34-40(46(31-35-21-11-6-12-22-35)32-36-23-13-7-14-24-36)41(47)42(43(48)45(4)49-5)50-33-37-25-15-8-16-26-37/h6-30,40-42,47H,31-34H2,1-5H3/t40-,41-,42+/m1/s1. The molecule has 52 heavy (non-hydrogen) atoms. The average Bonchev–Trinajstić information content (AvgIpc) is 3.17. The Balaban J connectivity index is 1.64. The maximum Gasteiger partial charge on any atom is 0.277 e. The molecule has 3 atom stereocenters. The van der Waals surface area contributed by atoms with Gasteiger partial charge in [0, 0.05) is 20.1 Å². The molecule has 0 saturated heterocycles. The van der Waals surface area contributed by atoms with Crippen LogP contribution < -0.4 is 10.4 Å². The van der Waals surface area contributed by atoms with E-state index in [1.54, 1.807) is 0 Å². The van der Waals surface area contributed by atoms with Crippen molar-refractivity contribution >= 4 is 24.6 Å². The first-order valence-corrected chi connectivity index (χ1v) is 19.8. The average molecular weight is 717 g/mol. The van der Waals surface area contributed by atoms with Crippen molar-refractivity contribution in [3.05, 3.63) is 168 Å². The number of aliphatic hydroxyl groups excluding tert-OH is 1. The van der Waals surface area contributed by atoms with Crippen LogP contribution in [0.15, 0.2) is 152 Å². The van der Waals surface area contributed by atoms with Crippen LogP contribution in [0.25, 0.3) is 0 Å².